The summed E-state index contributed by atoms with van der Waals surface area (Å²) in [7, 11) is -0.863. The molecule has 1 nitrogen and oxygen atoms in total. The van der Waals surface area contributed by atoms with Gasteiger partial charge in [0.15, 0.2) is 0 Å². The molecule has 0 spiro atoms. The molecule has 0 radical (unpaired) electrons. The van der Waals surface area contributed by atoms with Crippen molar-refractivity contribution in [3.8, 4) is 0 Å². The van der Waals surface area contributed by atoms with Gasteiger partial charge >= 0.3 is 0 Å². The Morgan fingerprint density at radius 2 is 2.00 bits per heavy atom. The van der Waals surface area contributed by atoms with E-state index in [1.807, 2.05) is 0 Å². The predicted molar refractivity (Wildman–Crippen MR) is 42.3 cm³/mol. The first-order valence-electron chi connectivity index (χ1n) is 3.78. The van der Waals surface area contributed by atoms with Crippen LogP contribution in [0.25, 0.3) is 0 Å². The molecule has 1 aliphatic rings. The minimum atomic E-state index is -0.863. The molecule has 9 heavy (non-hydrogen) atoms. The molecule has 0 aromatic rings. The first-order valence-corrected chi connectivity index (χ1v) is 7.20. The zero-order chi connectivity index (χ0) is 6.74. The standard InChI is InChI=1S/C7H16OSi/c1-9(2)6-4-3-5-8-7-9/h3-7H2,1-2H3. The van der Waals surface area contributed by atoms with Crippen LogP contribution in [0.2, 0.25) is 19.1 Å². The molecule has 1 fully saturated rings. The fourth-order valence-electron chi connectivity index (χ4n) is 1.23. The zero-order valence-corrected chi connectivity index (χ0v) is 7.44. The fourth-order valence-corrected chi connectivity index (χ4v) is 3.28. The molecule has 1 saturated heterocycles. The SMILES string of the molecule is C[Si]1(C)CCCCOC1. The van der Waals surface area contributed by atoms with E-state index in [1.165, 1.54) is 18.9 Å². The van der Waals surface area contributed by atoms with E-state index in [0.717, 1.165) is 12.8 Å². The molecule has 0 aromatic carbocycles. The third-order valence-corrected chi connectivity index (χ3v) is 4.58. The summed E-state index contributed by atoms with van der Waals surface area (Å²) in [6.45, 7) is 5.84. The van der Waals surface area contributed by atoms with Gasteiger partial charge in [-0.3, -0.25) is 0 Å². The summed E-state index contributed by atoms with van der Waals surface area (Å²) in [5, 5.41) is 0. The van der Waals surface area contributed by atoms with E-state index in [-0.39, 0.29) is 0 Å². The van der Waals surface area contributed by atoms with Gasteiger partial charge in [0, 0.05) is 12.8 Å². The van der Waals surface area contributed by atoms with Gasteiger partial charge in [0.1, 0.15) is 0 Å². The molecular weight excluding hydrogens is 128 g/mol. The lowest BCUT2D eigenvalue weighted by molar-refractivity contribution is 0.176. The van der Waals surface area contributed by atoms with Gasteiger partial charge < -0.3 is 4.74 Å². The van der Waals surface area contributed by atoms with Gasteiger partial charge in [-0.15, -0.1) is 0 Å². The molecule has 1 aliphatic heterocycles. The first kappa shape index (κ1) is 7.29. The molecule has 1 heterocycles. The molecule has 0 amide bonds. The average molecular weight is 144 g/mol. The maximum absolute atomic E-state index is 5.47. The van der Waals surface area contributed by atoms with Crippen molar-refractivity contribution in [3.05, 3.63) is 0 Å². The van der Waals surface area contributed by atoms with Crippen LogP contribution in [0.5, 0.6) is 0 Å². The lowest BCUT2D eigenvalue weighted by Gasteiger charge is -2.17. The lowest BCUT2D eigenvalue weighted by Crippen LogP contribution is -2.30. The predicted octanol–water partition coefficient (Wildman–Crippen LogP) is 2.04. The molecule has 1 rings (SSSR count). The Labute approximate surface area is 58.4 Å². The number of ether oxygens (including phenoxy) is 1. The molecular formula is C7H16OSi. The molecule has 0 saturated carbocycles. The Balaban J connectivity index is 2.36. The molecule has 0 aliphatic carbocycles. The molecule has 0 atom stereocenters. The van der Waals surface area contributed by atoms with E-state index < -0.39 is 8.07 Å². The van der Waals surface area contributed by atoms with Crippen molar-refractivity contribution in [3.63, 3.8) is 0 Å². The summed E-state index contributed by atoms with van der Waals surface area (Å²) in [6, 6.07) is 1.47. The van der Waals surface area contributed by atoms with E-state index in [2.05, 4.69) is 13.1 Å². The van der Waals surface area contributed by atoms with Crippen molar-refractivity contribution in [2.45, 2.75) is 32.0 Å². The van der Waals surface area contributed by atoms with E-state index in [9.17, 15) is 0 Å². The molecule has 2 heteroatoms. The van der Waals surface area contributed by atoms with Crippen LogP contribution in [0.4, 0.5) is 0 Å². The Bertz CT molecular complexity index is 80.9. The van der Waals surface area contributed by atoms with Crippen molar-refractivity contribution in [1.29, 1.82) is 0 Å². The van der Waals surface area contributed by atoms with E-state index >= 15 is 0 Å². The molecule has 0 aromatic heterocycles. The van der Waals surface area contributed by atoms with Gasteiger partial charge in [-0.2, -0.15) is 0 Å². The summed E-state index contributed by atoms with van der Waals surface area (Å²) in [5.74, 6) is 0. The summed E-state index contributed by atoms with van der Waals surface area (Å²) >= 11 is 0. The average Bonchev–Trinajstić information content (AvgIpc) is 1.92. The quantitative estimate of drug-likeness (QED) is 0.473. The van der Waals surface area contributed by atoms with Crippen molar-refractivity contribution >= 4 is 8.07 Å². The van der Waals surface area contributed by atoms with Crippen molar-refractivity contribution in [2.24, 2.45) is 0 Å². The summed E-state index contributed by atoms with van der Waals surface area (Å²) in [6.07, 6.45) is 3.78. The topological polar surface area (TPSA) is 9.23 Å². The second kappa shape index (κ2) is 2.84. The second-order valence-corrected chi connectivity index (χ2v) is 8.79. The Hall–Kier alpha value is 0.177. The minimum absolute atomic E-state index is 0.863. The fraction of sp³-hybridized carbons (Fsp3) is 1.00. The number of rotatable bonds is 0. The monoisotopic (exact) mass is 144 g/mol. The van der Waals surface area contributed by atoms with E-state index in [1.54, 1.807) is 0 Å². The van der Waals surface area contributed by atoms with Gasteiger partial charge in [0.05, 0.1) is 8.07 Å². The van der Waals surface area contributed by atoms with Gasteiger partial charge in [-0.25, -0.2) is 0 Å². The zero-order valence-electron chi connectivity index (χ0n) is 6.44. The molecule has 0 unspecified atom stereocenters. The highest BCUT2D eigenvalue weighted by molar-refractivity contribution is 6.77. The Morgan fingerprint density at radius 3 is 2.78 bits per heavy atom. The second-order valence-electron chi connectivity index (χ2n) is 3.67. The van der Waals surface area contributed by atoms with Gasteiger partial charge in [0.2, 0.25) is 0 Å². The van der Waals surface area contributed by atoms with Crippen molar-refractivity contribution < 1.29 is 4.74 Å². The van der Waals surface area contributed by atoms with Gasteiger partial charge in [-0.05, 0) is 6.42 Å². The summed E-state index contributed by atoms with van der Waals surface area (Å²) in [4.78, 5) is 0. The van der Waals surface area contributed by atoms with Gasteiger partial charge in [0.25, 0.3) is 0 Å². The summed E-state index contributed by atoms with van der Waals surface area (Å²) in [5.41, 5.74) is 0. The number of hydrogen-bond acceptors (Lipinski definition) is 1. The largest absolute Gasteiger partial charge is 0.385 e. The third-order valence-electron chi connectivity index (χ3n) is 1.89. The smallest absolute Gasteiger partial charge is 0.0776 e. The van der Waals surface area contributed by atoms with Crippen LogP contribution in [0.1, 0.15) is 12.8 Å². The molecule has 54 valence electrons. The van der Waals surface area contributed by atoms with Crippen LogP contribution in [0.3, 0.4) is 0 Å². The van der Waals surface area contributed by atoms with E-state index in [4.69, 9.17) is 4.74 Å². The van der Waals surface area contributed by atoms with Crippen LogP contribution in [0, 0.1) is 0 Å². The maximum Gasteiger partial charge on any atom is 0.0776 e. The normalized spacial score (nSPS) is 27.3. The van der Waals surface area contributed by atoms with Crippen LogP contribution in [0.15, 0.2) is 0 Å². The Morgan fingerprint density at radius 1 is 1.22 bits per heavy atom. The highest BCUT2D eigenvalue weighted by atomic mass is 28.3. The van der Waals surface area contributed by atoms with Crippen LogP contribution in [-0.2, 0) is 4.74 Å². The molecule has 0 N–H and O–H groups in total. The van der Waals surface area contributed by atoms with Gasteiger partial charge in [-0.1, -0.05) is 25.6 Å². The van der Waals surface area contributed by atoms with Crippen LogP contribution in [-0.4, -0.2) is 20.9 Å². The van der Waals surface area contributed by atoms with Crippen molar-refractivity contribution in [1.82, 2.24) is 0 Å². The van der Waals surface area contributed by atoms with E-state index in [0.29, 0.717) is 0 Å². The van der Waals surface area contributed by atoms with Crippen LogP contribution < -0.4 is 0 Å². The number of hydrogen-bond donors (Lipinski definition) is 0. The highest BCUT2D eigenvalue weighted by Gasteiger charge is 2.22. The summed E-state index contributed by atoms with van der Waals surface area (Å²) < 4.78 is 5.47. The highest BCUT2D eigenvalue weighted by Crippen LogP contribution is 2.17. The van der Waals surface area contributed by atoms with Crippen LogP contribution >= 0.6 is 0 Å². The molecule has 0 bridgehead atoms. The Kier molecular flexibility index (Phi) is 2.30. The first-order chi connectivity index (χ1) is 4.21. The minimum Gasteiger partial charge on any atom is -0.385 e. The lowest BCUT2D eigenvalue weighted by atomic mass is 10.4. The third kappa shape index (κ3) is 2.50. The maximum atomic E-state index is 5.47. The van der Waals surface area contributed by atoms with Crippen molar-refractivity contribution in [2.75, 3.05) is 12.8 Å².